The lowest BCUT2D eigenvalue weighted by atomic mass is 10.1. The standard InChI is InChI=1S/C11H10N2S/c1-2-4-9-8(3-1)11-10(5-6-12-9)13-7-14-11/h1-4,7,12H,5-6H2. The minimum absolute atomic E-state index is 0.980. The average molecular weight is 202 g/mol. The molecule has 0 spiro atoms. The first-order valence-electron chi connectivity index (χ1n) is 4.71. The van der Waals surface area contributed by atoms with Crippen molar-refractivity contribution in [2.45, 2.75) is 6.42 Å². The Hall–Kier alpha value is -1.35. The third-order valence-electron chi connectivity index (χ3n) is 2.49. The van der Waals surface area contributed by atoms with Gasteiger partial charge in [0.05, 0.1) is 16.1 Å². The molecule has 1 aromatic carbocycles. The molecular weight excluding hydrogens is 192 g/mol. The van der Waals surface area contributed by atoms with E-state index in [1.165, 1.54) is 21.8 Å². The molecule has 3 rings (SSSR count). The van der Waals surface area contributed by atoms with E-state index in [4.69, 9.17) is 0 Å². The summed E-state index contributed by atoms with van der Waals surface area (Å²) in [4.78, 5) is 5.72. The first-order valence-corrected chi connectivity index (χ1v) is 5.59. The molecule has 1 aliphatic heterocycles. The monoisotopic (exact) mass is 202 g/mol. The van der Waals surface area contributed by atoms with Gasteiger partial charge in [-0.2, -0.15) is 0 Å². The quantitative estimate of drug-likeness (QED) is 0.710. The molecule has 2 nitrogen and oxygen atoms in total. The SMILES string of the molecule is c1ccc2c(c1)NCCc1ncsc1-2. The summed E-state index contributed by atoms with van der Waals surface area (Å²) in [6.45, 7) is 0.980. The second-order valence-electron chi connectivity index (χ2n) is 3.35. The minimum Gasteiger partial charge on any atom is -0.384 e. The van der Waals surface area contributed by atoms with Crippen LogP contribution in [-0.2, 0) is 6.42 Å². The molecule has 14 heavy (non-hydrogen) atoms. The molecule has 0 radical (unpaired) electrons. The predicted octanol–water partition coefficient (Wildman–Crippen LogP) is 2.78. The number of aromatic nitrogens is 1. The van der Waals surface area contributed by atoms with Crippen LogP contribution in [0.4, 0.5) is 5.69 Å². The molecule has 0 bridgehead atoms. The summed E-state index contributed by atoms with van der Waals surface area (Å²) in [5, 5.41) is 3.42. The van der Waals surface area contributed by atoms with Crippen LogP contribution < -0.4 is 5.32 Å². The van der Waals surface area contributed by atoms with Crippen molar-refractivity contribution in [3.63, 3.8) is 0 Å². The Bertz CT molecular complexity index is 462. The van der Waals surface area contributed by atoms with Crippen molar-refractivity contribution in [1.82, 2.24) is 4.98 Å². The Morgan fingerprint density at radius 3 is 3.21 bits per heavy atom. The first kappa shape index (κ1) is 8.00. The molecule has 70 valence electrons. The Labute approximate surface area is 86.6 Å². The van der Waals surface area contributed by atoms with E-state index in [2.05, 4.69) is 34.6 Å². The highest BCUT2D eigenvalue weighted by Crippen LogP contribution is 2.35. The van der Waals surface area contributed by atoms with E-state index in [1.54, 1.807) is 11.3 Å². The Morgan fingerprint density at radius 1 is 1.29 bits per heavy atom. The molecule has 0 atom stereocenters. The molecule has 3 heteroatoms. The van der Waals surface area contributed by atoms with E-state index in [1.807, 2.05) is 5.51 Å². The lowest BCUT2D eigenvalue weighted by Crippen LogP contribution is -2.02. The van der Waals surface area contributed by atoms with Crippen molar-refractivity contribution in [1.29, 1.82) is 0 Å². The van der Waals surface area contributed by atoms with Gasteiger partial charge >= 0.3 is 0 Å². The number of benzene rings is 1. The van der Waals surface area contributed by atoms with Crippen molar-refractivity contribution >= 4 is 17.0 Å². The van der Waals surface area contributed by atoms with Gasteiger partial charge in [0.2, 0.25) is 0 Å². The van der Waals surface area contributed by atoms with Crippen LogP contribution in [0.1, 0.15) is 5.69 Å². The Kier molecular flexibility index (Phi) is 1.77. The fraction of sp³-hybridized carbons (Fsp3) is 0.182. The van der Waals surface area contributed by atoms with Crippen molar-refractivity contribution in [2.24, 2.45) is 0 Å². The van der Waals surface area contributed by atoms with Crippen LogP contribution >= 0.6 is 11.3 Å². The molecule has 0 unspecified atom stereocenters. The molecule has 2 heterocycles. The third-order valence-corrected chi connectivity index (χ3v) is 3.39. The summed E-state index contributed by atoms with van der Waals surface area (Å²) >= 11 is 1.73. The highest BCUT2D eigenvalue weighted by Gasteiger charge is 2.15. The zero-order valence-electron chi connectivity index (χ0n) is 7.66. The first-order chi connectivity index (χ1) is 6.95. The topological polar surface area (TPSA) is 24.9 Å². The van der Waals surface area contributed by atoms with Gasteiger partial charge in [0, 0.05) is 24.2 Å². The van der Waals surface area contributed by atoms with Crippen molar-refractivity contribution in [3.8, 4) is 10.4 Å². The number of nitrogens with zero attached hydrogens (tertiary/aromatic N) is 1. The molecule has 0 saturated carbocycles. The smallest absolute Gasteiger partial charge is 0.0801 e. The number of rotatable bonds is 0. The maximum Gasteiger partial charge on any atom is 0.0801 e. The number of anilines is 1. The molecule has 0 fully saturated rings. The highest BCUT2D eigenvalue weighted by atomic mass is 32.1. The van der Waals surface area contributed by atoms with E-state index >= 15 is 0 Å². The summed E-state index contributed by atoms with van der Waals surface area (Å²) in [6.07, 6.45) is 1.02. The van der Waals surface area contributed by atoms with Crippen LogP contribution in [0.5, 0.6) is 0 Å². The zero-order chi connectivity index (χ0) is 9.38. The van der Waals surface area contributed by atoms with Crippen LogP contribution in [0.25, 0.3) is 10.4 Å². The molecule has 2 aromatic rings. The summed E-state index contributed by atoms with van der Waals surface area (Å²) in [5.41, 5.74) is 5.69. The molecule has 1 aliphatic rings. The van der Waals surface area contributed by atoms with Gasteiger partial charge in [-0.15, -0.1) is 11.3 Å². The van der Waals surface area contributed by atoms with Gasteiger partial charge in [0.25, 0.3) is 0 Å². The number of para-hydroxylation sites is 1. The molecule has 0 amide bonds. The number of hydrogen-bond donors (Lipinski definition) is 1. The van der Waals surface area contributed by atoms with Crippen LogP contribution in [0.2, 0.25) is 0 Å². The van der Waals surface area contributed by atoms with Gasteiger partial charge in [0.1, 0.15) is 0 Å². The van der Waals surface area contributed by atoms with Crippen LogP contribution in [-0.4, -0.2) is 11.5 Å². The predicted molar refractivity (Wildman–Crippen MR) is 59.7 cm³/mol. The maximum absolute atomic E-state index is 4.39. The summed E-state index contributed by atoms with van der Waals surface area (Å²) in [6, 6.07) is 8.43. The van der Waals surface area contributed by atoms with Gasteiger partial charge in [-0.3, -0.25) is 0 Å². The van der Waals surface area contributed by atoms with Gasteiger partial charge in [-0.05, 0) is 6.07 Å². The summed E-state index contributed by atoms with van der Waals surface area (Å²) in [7, 11) is 0. The number of fused-ring (bicyclic) bond motifs is 3. The average Bonchev–Trinajstić information content (AvgIpc) is 2.61. The highest BCUT2D eigenvalue weighted by molar-refractivity contribution is 7.13. The summed E-state index contributed by atoms with van der Waals surface area (Å²) < 4.78 is 0. The molecule has 0 saturated heterocycles. The van der Waals surface area contributed by atoms with Gasteiger partial charge in [0.15, 0.2) is 0 Å². The second kappa shape index (κ2) is 3.10. The fourth-order valence-electron chi connectivity index (χ4n) is 1.82. The Morgan fingerprint density at radius 2 is 2.21 bits per heavy atom. The van der Waals surface area contributed by atoms with Crippen molar-refractivity contribution in [2.75, 3.05) is 11.9 Å². The van der Waals surface area contributed by atoms with Crippen molar-refractivity contribution < 1.29 is 0 Å². The molecular formula is C11H10N2S. The van der Waals surface area contributed by atoms with E-state index in [0.29, 0.717) is 0 Å². The van der Waals surface area contributed by atoms with Crippen molar-refractivity contribution in [3.05, 3.63) is 35.5 Å². The number of hydrogen-bond acceptors (Lipinski definition) is 3. The number of thiazole rings is 1. The van der Waals surface area contributed by atoms with E-state index in [0.717, 1.165) is 13.0 Å². The molecule has 0 aliphatic carbocycles. The maximum atomic E-state index is 4.39. The minimum atomic E-state index is 0.980. The number of nitrogens with one attached hydrogen (secondary N) is 1. The lowest BCUT2D eigenvalue weighted by molar-refractivity contribution is 0.990. The fourth-order valence-corrected chi connectivity index (χ4v) is 2.70. The van der Waals surface area contributed by atoms with Gasteiger partial charge in [-0.25, -0.2) is 4.98 Å². The third kappa shape index (κ3) is 1.13. The van der Waals surface area contributed by atoms with E-state index in [9.17, 15) is 0 Å². The lowest BCUT2D eigenvalue weighted by Gasteiger charge is -2.05. The van der Waals surface area contributed by atoms with Gasteiger partial charge in [-0.1, -0.05) is 18.2 Å². The van der Waals surface area contributed by atoms with Crippen LogP contribution in [0.3, 0.4) is 0 Å². The zero-order valence-corrected chi connectivity index (χ0v) is 8.47. The largest absolute Gasteiger partial charge is 0.384 e. The Balaban J connectivity index is 2.27. The van der Waals surface area contributed by atoms with Crippen LogP contribution in [0.15, 0.2) is 29.8 Å². The van der Waals surface area contributed by atoms with Gasteiger partial charge < -0.3 is 5.32 Å². The summed E-state index contributed by atoms with van der Waals surface area (Å²) in [5.74, 6) is 0. The molecule has 1 N–H and O–H groups in total. The normalized spacial score (nSPS) is 13.7. The molecule has 1 aromatic heterocycles. The van der Waals surface area contributed by atoms with E-state index in [-0.39, 0.29) is 0 Å². The second-order valence-corrected chi connectivity index (χ2v) is 4.21. The van der Waals surface area contributed by atoms with E-state index < -0.39 is 0 Å². The van der Waals surface area contributed by atoms with Crippen LogP contribution in [0, 0.1) is 0 Å².